The maximum absolute atomic E-state index is 12.0. The van der Waals surface area contributed by atoms with Crippen molar-refractivity contribution in [3.05, 3.63) is 29.8 Å². The van der Waals surface area contributed by atoms with E-state index in [2.05, 4.69) is 17.2 Å². The number of carbonyl (C=O) groups is 2. The van der Waals surface area contributed by atoms with E-state index in [4.69, 9.17) is 4.74 Å². The van der Waals surface area contributed by atoms with E-state index in [-0.39, 0.29) is 19.1 Å². The molecule has 0 aliphatic heterocycles. The van der Waals surface area contributed by atoms with Gasteiger partial charge in [0.25, 0.3) is 0 Å². The summed E-state index contributed by atoms with van der Waals surface area (Å²) in [6, 6.07) is 6.68. The van der Waals surface area contributed by atoms with Crippen molar-refractivity contribution in [1.82, 2.24) is 10.6 Å². The number of ether oxygens (including phenoxy) is 1. The van der Waals surface area contributed by atoms with Crippen molar-refractivity contribution in [2.24, 2.45) is 0 Å². The van der Waals surface area contributed by atoms with Gasteiger partial charge in [-0.15, -0.1) is 0 Å². The van der Waals surface area contributed by atoms with E-state index in [9.17, 15) is 22.8 Å². The Kier molecular flexibility index (Phi) is 7.62. The molecule has 0 spiro atoms. The summed E-state index contributed by atoms with van der Waals surface area (Å²) < 4.78 is 41.2. The standard InChI is InChI=1S/C16H17F3N2O3/c1-20-14(22)8-3-2-5-12-6-4-7-13(11-12)24-10-9-21-15(23)16(17,18)19/h4,6-7,11H,3,8-10H2,1H3,(H,20,22)(H,21,23). The molecule has 0 heterocycles. The number of carbonyl (C=O) groups excluding carboxylic acids is 2. The zero-order valence-corrected chi connectivity index (χ0v) is 13.0. The molecule has 0 bridgehead atoms. The van der Waals surface area contributed by atoms with Gasteiger partial charge < -0.3 is 15.4 Å². The molecule has 1 aromatic rings. The molecule has 0 atom stereocenters. The van der Waals surface area contributed by atoms with Crippen LogP contribution in [-0.2, 0) is 9.59 Å². The number of benzene rings is 1. The number of nitrogens with one attached hydrogen (secondary N) is 2. The first-order chi connectivity index (χ1) is 11.3. The van der Waals surface area contributed by atoms with Gasteiger partial charge in [0.05, 0.1) is 6.54 Å². The predicted molar refractivity (Wildman–Crippen MR) is 81.2 cm³/mol. The first kappa shape index (κ1) is 19.4. The Bertz CT molecular complexity index is 633. The van der Waals surface area contributed by atoms with Crippen molar-refractivity contribution in [1.29, 1.82) is 0 Å². The summed E-state index contributed by atoms with van der Waals surface area (Å²) in [5.74, 6) is 4.04. The molecule has 0 aliphatic carbocycles. The molecule has 0 fully saturated rings. The van der Waals surface area contributed by atoms with E-state index in [1.54, 1.807) is 36.6 Å². The van der Waals surface area contributed by atoms with Gasteiger partial charge in [0, 0.05) is 25.5 Å². The minimum Gasteiger partial charge on any atom is -0.492 e. The van der Waals surface area contributed by atoms with Gasteiger partial charge >= 0.3 is 12.1 Å². The molecule has 0 aromatic heterocycles. The van der Waals surface area contributed by atoms with Gasteiger partial charge in [0.1, 0.15) is 12.4 Å². The molecule has 0 saturated heterocycles. The lowest BCUT2D eigenvalue weighted by atomic mass is 10.2. The second-order valence-corrected chi connectivity index (χ2v) is 4.60. The third-order valence-corrected chi connectivity index (χ3v) is 2.74. The van der Waals surface area contributed by atoms with Crippen molar-refractivity contribution >= 4 is 11.8 Å². The van der Waals surface area contributed by atoms with Crippen molar-refractivity contribution in [3.8, 4) is 17.6 Å². The first-order valence-corrected chi connectivity index (χ1v) is 7.10. The summed E-state index contributed by atoms with van der Waals surface area (Å²) in [7, 11) is 1.55. The molecule has 2 N–H and O–H groups in total. The normalized spacial score (nSPS) is 10.3. The SMILES string of the molecule is CNC(=O)CCC#Cc1cccc(OCCNC(=O)C(F)(F)F)c1. The molecule has 0 saturated carbocycles. The van der Waals surface area contributed by atoms with Gasteiger partial charge in [-0.2, -0.15) is 13.2 Å². The van der Waals surface area contributed by atoms with Crippen LogP contribution in [0.1, 0.15) is 18.4 Å². The van der Waals surface area contributed by atoms with Gasteiger partial charge in [0.2, 0.25) is 5.91 Å². The second kappa shape index (κ2) is 9.45. The zero-order chi connectivity index (χ0) is 18.0. The Morgan fingerprint density at radius 2 is 2.04 bits per heavy atom. The molecule has 1 aromatic carbocycles. The topological polar surface area (TPSA) is 67.4 Å². The number of halogens is 3. The van der Waals surface area contributed by atoms with Gasteiger partial charge in [-0.25, -0.2) is 0 Å². The lowest BCUT2D eigenvalue weighted by Crippen LogP contribution is -2.38. The van der Waals surface area contributed by atoms with Crippen molar-refractivity contribution in [2.45, 2.75) is 19.0 Å². The molecule has 24 heavy (non-hydrogen) atoms. The van der Waals surface area contributed by atoms with Crippen LogP contribution in [0.5, 0.6) is 5.75 Å². The number of hydrogen-bond acceptors (Lipinski definition) is 3. The molecule has 8 heteroatoms. The van der Waals surface area contributed by atoms with Crippen LogP contribution < -0.4 is 15.4 Å². The summed E-state index contributed by atoms with van der Waals surface area (Å²) in [6.07, 6.45) is -4.18. The highest BCUT2D eigenvalue weighted by atomic mass is 19.4. The smallest absolute Gasteiger partial charge is 0.471 e. The van der Waals surface area contributed by atoms with Crippen LogP contribution in [0.3, 0.4) is 0 Å². The van der Waals surface area contributed by atoms with E-state index in [0.29, 0.717) is 24.2 Å². The Balaban J connectivity index is 2.42. The molecule has 2 amide bonds. The highest BCUT2D eigenvalue weighted by molar-refractivity contribution is 5.81. The fraction of sp³-hybridized carbons (Fsp3) is 0.375. The van der Waals surface area contributed by atoms with Crippen LogP contribution in [0, 0.1) is 11.8 Å². The summed E-state index contributed by atoms with van der Waals surface area (Å²) in [5, 5.41) is 4.20. The number of rotatable bonds is 6. The highest BCUT2D eigenvalue weighted by Crippen LogP contribution is 2.14. The number of amides is 2. The molecular formula is C16H17F3N2O3. The minimum absolute atomic E-state index is 0.0951. The van der Waals surface area contributed by atoms with E-state index < -0.39 is 12.1 Å². The molecular weight excluding hydrogens is 325 g/mol. The van der Waals surface area contributed by atoms with Gasteiger partial charge in [-0.1, -0.05) is 17.9 Å². The van der Waals surface area contributed by atoms with E-state index >= 15 is 0 Å². The fourth-order valence-corrected chi connectivity index (χ4v) is 1.56. The third-order valence-electron chi connectivity index (χ3n) is 2.74. The maximum atomic E-state index is 12.0. The summed E-state index contributed by atoms with van der Waals surface area (Å²) in [4.78, 5) is 21.6. The van der Waals surface area contributed by atoms with Gasteiger partial charge in [-0.05, 0) is 18.2 Å². The van der Waals surface area contributed by atoms with Crippen LogP contribution in [0.25, 0.3) is 0 Å². The Morgan fingerprint density at radius 3 is 2.71 bits per heavy atom. The minimum atomic E-state index is -4.90. The lowest BCUT2D eigenvalue weighted by Gasteiger charge is -2.09. The average molecular weight is 342 g/mol. The van der Waals surface area contributed by atoms with Crippen LogP contribution >= 0.6 is 0 Å². The first-order valence-electron chi connectivity index (χ1n) is 7.10. The van der Waals surface area contributed by atoms with Crippen LogP contribution in [0.2, 0.25) is 0 Å². The van der Waals surface area contributed by atoms with Gasteiger partial charge in [-0.3, -0.25) is 9.59 Å². The molecule has 0 unspecified atom stereocenters. The monoisotopic (exact) mass is 342 g/mol. The third kappa shape index (κ3) is 7.54. The fourth-order valence-electron chi connectivity index (χ4n) is 1.56. The highest BCUT2D eigenvalue weighted by Gasteiger charge is 2.38. The van der Waals surface area contributed by atoms with E-state index in [0.717, 1.165) is 0 Å². The summed E-state index contributed by atoms with van der Waals surface area (Å²) in [5.41, 5.74) is 0.656. The van der Waals surface area contributed by atoms with Crippen LogP contribution in [0.4, 0.5) is 13.2 Å². The maximum Gasteiger partial charge on any atom is 0.471 e. The van der Waals surface area contributed by atoms with Crippen molar-refractivity contribution in [2.75, 3.05) is 20.2 Å². The van der Waals surface area contributed by atoms with Crippen LogP contribution in [-0.4, -0.2) is 38.2 Å². The van der Waals surface area contributed by atoms with Crippen LogP contribution in [0.15, 0.2) is 24.3 Å². The Hall–Kier alpha value is -2.69. The van der Waals surface area contributed by atoms with Gasteiger partial charge in [0.15, 0.2) is 0 Å². The predicted octanol–water partition coefficient (Wildman–Crippen LogP) is 1.62. The molecule has 130 valence electrons. The molecule has 1 rings (SSSR count). The van der Waals surface area contributed by atoms with Crippen molar-refractivity contribution < 1.29 is 27.5 Å². The molecule has 0 radical (unpaired) electrons. The van der Waals surface area contributed by atoms with E-state index in [1.165, 1.54) is 0 Å². The van der Waals surface area contributed by atoms with E-state index in [1.807, 2.05) is 0 Å². The number of alkyl halides is 3. The largest absolute Gasteiger partial charge is 0.492 e. The molecule has 0 aliphatic rings. The Labute approximate surface area is 137 Å². The lowest BCUT2D eigenvalue weighted by molar-refractivity contribution is -0.173. The Morgan fingerprint density at radius 1 is 1.29 bits per heavy atom. The second-order valence-electron chi connectivity index (χ2n) is 4.60. The quantitative estimate of drug-likeness (QED) is 0.610. The zero-order valence-electron chi connectivity index (χ0n) is 13.0. The summed E-state index contributed by atoms with van der Waals surface area (Å²) >= 11 is 0. The van der Waals surface area contributed by atoms with Crippen molar-refractivity contribution in [3.63, 3.8) is 0 Å². The average Bonchev–Trinajstić information content (AvgIpc) is 2.54. The summed E-state index contributed by atoms with van der Waals surface area (Å²) in [6.45, 7) is -0.365. The molecule has 5 nitrogen and oxygen atoms in total. The number of hydrogen-bond donors (Lipinski definition) is 2.